The van der Waals surface area contributed by atoms with Crippen LogP contribution in [0.25, 0.3) is 0 Å². The Hall–Kier alpha value is -2.78. The number of carbonyl (C=O) groups excluding carboxylic acids is 1. The van der Waals surface area contributed by atoms with E-state index >= 15 is 0 Å². The molecule has 0 radical (unpaired) electrons. The molecule has 1 N–H and O–H groups in total. The van der Waals surface area contributed by atoms with E-state index in [-0.39, 0.29) is 5.91 Å². The lowest BCUT2D eigenvalue weighted by Crippen LogP contribution is -2.13. The summed E-state index contributed by atoms with van der Waals surface area (Å²) < 4.78 is 5.85. The average molecular weight is 338 g/mol. The number of aryl methyl sites for hydroxylation is 1. The van der Waals surface area contributed by atoms with Gasteiger partial charge in [-0.1, -0.05) is 48.0 Å². The fourth-order valence-electron chi connectivity index (χ4n) is 2.27. The highest BCUT2D eigenvalue weighted by molar-refractivity contribution is 6.34. The molecule has 24 heavy (non-hydrogen) atoms. The molecule has 0 saturated heterocycles. The minimum atomic E-state index is -0.274. The van der Waals surface area contributed by atoms with Gasteiger partial charge in [0.1, 0.15) is 5.75 Å². The Bertz CT molecular complexity index is 863. The van der Waals surface area contributed by atoms with Crippen molar-refractivity contribution < 1.29 is 9.53 Å². The van der Waals surface area contributed by atoms with Gasteiger partial charge in [-0.2, -0.15) is 0 Å². The number of amides is 1. The van der Waals surface area contributed by atoms with Gasteiger partial charge < -0.3 is 10.1 Å². The summed E-state index contributed by atoms with van der Waals surface area (Å²) in [5, 5.41) is 3.28. The van der Waals surface area contributed by atoms with E-state index in [0.717, 1.165) is 5.56 Å². The molecule has 3 aromatic carbocycles. The number of rotatable bonds is 4. The van der Waals surface area contributed by atoms with Crippen molar-refractivity contribution in [2.45, 2.75) is 6.92 Å². The first-order valence-corrected chi connectivity index (χ1v) is 7.91. The van der Waals surface area contributed by atoms with Crippen LogP contribution in [-0.2, 0) is 0 Å². The summed E-state index contributed by atoms with van der Waals surface area (Å²) in [4.78, 5) is 12.5. The molecule has 3 aromatic rings. The Morgan fingerprint density at radius 1 is 0.958 bits per heavy atom. The van der Waals surface area contributed by atoms with E-state index in [1.54, 1.807) is 24.3 Å². The van der Waals surface area contributed by atoms with Crippen LogP contribution in [0.2, 0.25) is 5.02 Å². The number of ether oxygens (including phenoxy) is 1. The maximum Gasteiger partial charge on any atom is 0.257 e. The lowest BCUT2D eigenvalue weighted by atomic mass is 10.1. The van der Waals surface area contributed by atoms with Crippen LogP contribution in [0.4, 0.5) is 5.69 Å². The van der Waals surface area contributed by atoms with Crippen LogP contribution in [0.5, 0.6) is 11.5 Å². The lowest BCUT2D eigenvalue weighted by Gasteiger charge is -2.13. The first-order chi connectivity index (χ1) is 11.6. The lowest BCUT2D eigenvalue weighted by molar-refractivity contribution is 0.102. The van der Waals surface area contributed by atoms with Gasteiger partial charge in [0.2, 0.25) is 0 Å². The molecule has 4 heteroatoms. The van der Waals surface area contributed by atoms with E-state index in [1.807, 2.05) is 55.5 Å². The van der Waals surface area contributed by atoms with Crippen LogP contribution in [0.15, 0.2) is 72.8 Å². The summed E-state index contributed by atoms with van der Waals surface area (Å²) >= 11 is 6.17. The first kappa shape index (κ1) is 16.1. The second-order valence-corrected chi connectivity index (χ2v) is 5.76. The molecule has 3 rings (SSSR count). The summed E-state index contributed by atoms with van der Waals surface area (Å²) in [5.74, 6) is 0.997. The molecule has 0 fully saturated rings. The molecule has 0 bridgehead atoms. The molecule has 0 unspecified atom stereocenters. The number of carbonyl (C=O) groups is 1. The molecule has 120 valence electrons. The van der Waals surface area contributed by atoms with Gasteiger partial charge in [-0.15, -0.1) is 0 Å². The summed E-state index contributed by atoms with van der Waals surface area (Å²) in [7, 11) is 0. The van der Waals surface area contributed by atoms with Crippen molar-refractivity contribution in [1.29, 1.82) is 0 Å². The fraction of sp³-hybridized carbons (Fsp3) is 0.0500. The standard InChI is InChI=1S/C20H16ClNO2/c1-14-11-12-16(17(21)13-14)20(23)22-18-9-5-6-10-19(18)24-15-7-3-2-4-8-15/h2-13H,1H3,(H,22,23). The van der Waals surface area contributed by atoms with Crippen molar-refractivity contribution >= 4 is 23.2 Å². The highest BCUT2D eigenvalue weighted by Crippen LogP contribution is 2.30. The average Bonchev–Trinajstić information content (AvgIpc) is 2.57. The largest absolute Gasteiger partial charge is 0.455 e. The van der Waals surface area contributed by atoms with Gasteiger partial charge in [0.05, 0.1) is 16.3 Å². The number of benzene rings is 3. The van der Waals surface area contributed by atoms with Crippen molar-refractivity contribution in [2.75, 3.05) is 5.32 Å². The quantitative estimate of drug-likeness (QED) is 0.663. The molecule has 0 aliphatic heterocycles. The Morgan fingerprint density at radius 2 is 1.67 bits per heavy atom. The summed E-state index contributed by atoms with van der Waals surface area (Å²) in [6.45, 7) is 1.93. The predicted molar refractivity (Wildman–Crippen MR) is 97.1 cm³/mol. The number of halogens is 1. The van der Waals surface area contributed by atoms with E-state index in [0.29, 0.717) is 27.8 Å². The van der Waals surface area contributed by atoms with Crippen molar-refractivity contribution in [3.05, 3.63) is 88.9 Å². The zero-order valence-corrected chi connectivity index (χ0v) is 13.9. The topological polar surface area (TPSA) is 38.3 Å². The molecule has 0 aromatic heterocycles. The van der Waals surface area contributed by atoms with Gasteiger partial charge in [0.25, 0.3) is 5.91 Å². The molecule has 0 atom stereocenters. The molecule has 0 saturated carbocycles. The van der Waals surface area contributed by atoms with Gasteiger partial charge in [-0.3, -0.25) is 4.79 Å². The SMILES string of the molecule is Cc1ccc(C(=O)Nc2ccccc2Oc2ccccc2)c(Cl)c1. The summed E-state index contributed by atoms with van der Waals surface area (Å²) in [6, 6.07) is 22.0. The zero-order chi connectivity index (χ0) is 16.9. The van der Waals surface area contributed by atoms with Crippen LogP contribution >= 0.6 is 11.6 Å². The van der Waals surface area contributed by atoms with Crippen molar-refractivity contribution in [2.24, 2.45) is 0 Å². The highest BCUT2D eigenvalue weighted by Gasteiger charge is 2.13. The van der Waals surface area contributed by atoms with E-state index in [1.165, 1.54) is 0 Å². The minimum absolute atomic E-state index is 0.274. The molecule has 0 heterocycles. The maximum absolute atomic E-state index is 12.5. The summed E-state index contributed by atoms with van der Waals surface area (Å²) in [5.41, 5.74) is 2.02. The van der Waals surface area contributed by atoms with E-state index in [2.05, 4.69) is 5.32 Å². The number of anilines is 1. The Morgan fingerprint density at radius 3 is 2.42 bits per heavy atom. The third kappa shape index (κ3) is 3.76. The highest BCUT2D eigenvalue weighted by atomic mass is 35.5. The van der Waals surface area contributed by atoms with Crippen LogP contribution in [0, 0.1) is 6.92 Å². The number of hydrogen-bond acceptors (Lipinski definition) is 2. The van der Waals surface area contributed by atoms with Crippen molar-refractivity contribution in [3.63, 3.8) is 0 Å². The molecule has 0 aliphatic rings. The Kier molecular flexibility index (Phi) is 4.82. The number of para-hydroxylation sites is 3. The second kappa shape index (κ2) is 7.20. The second-order valence-electron chi connectivity index (χ2n) is 5.35. The normalized spacial score (nSPS) is 10.2. The Labute approximate surface area is 145 Å². The number of nitrogens with one attached hydrogen (secondary N) is 1. The van der Waals surface area contributed by atoms with Gasteiger partial charge >= 0.3 is 0 Å². The maximum atomic E-state index is 12.5. The van der Waals surface area contributed by atoms with Crippen LogP contribution < -0.4 is 10.1 Å². The first-order valence-electron chi connectivity index (χ1n) is 7.53. The van der Waals surface area contributed by atoms with Gasteiger partial charge in [0, 0.05) is 0 Å². The third-order valence-corrected chi connectivity index (χ3v) is 3.79. The molecular weight excluding hydrogens is 322 g/mol. The van der Waals surface area contributed by atoms with E-state index in [9.17, 15) is 4.79 Å². The molecule has 3 nitrogen and oxygen atoms in total. The van der Waals surface area contributed by atoms with Crippen molar-refractivity contribution in [3.8, 4) is 11.5 Å². The summed E-state index contributed by atoms with van der Waals surface area (Å²) in [6.07, 6.45) is 0. The van der Waals surface area contributed by atoms with E-state index in [4.69, 9.17) is 16.3 Å². The molecule has 1 amide bonds. The Balaban J connectivity index is 1.84. The molecule has 0 aliphatic carbocycles. The van der Waals surface area contributed by atoms with Crippen LogP contribution in [-0.4, -0.2) is 5.91 Å². The number of hydrogen-bond donors (Lipinski definition) is 1. The van der Waals surface area contributed by atoms with E-state index < -0.39 is 0 Å². The van der Waals surface area contributed by atoms with Crippen LogP contribution in [0.1, 0.15) is 15.9 Å². The minimum Gasteiger partial charge on any atom is -0.455 e. The molecule has 0 spiro atoms. The van der Waals surface area contributed by atoms with Crippen LogP contribution in [0.3, 0.4) is 0 Å². The van der Waals surface area contributed by atoms with Gasteiger partial charge in [0.15, 0.2) is 5.75 Å². The fourth-order valence-corrected chi connectivity index (χ4v) is 2.59. The van der Waals surface area contributed by atoms with Crippen molar-refractivity contribution in [1.82, 2.24) is 0 Å². The predicted octanol–water partition coefficient (Wildman–Crippen LogP) is 5.69. The molecular formula is C20H16ClNO2. The smallest absolute Gasteiger partial charge is 0.257 e. The van der Waals surface area contributed by atoms with Gasteiger partial charge in [-0.25, -0.2) is 0 Å². The monoisotopic (exact) mass is 337 g/mol. The zero-order valence-electron chi connectivity index (χ0n) is 13.1. The third-order valence-electron chi connectivity index (χ3n) is 3.48. The van der Waals surface area contributed by atoms with Gasteiger partial charge in [-0.05, 0) is 48.9 Å².